The van der Waals surface area contributed by atoms with Crippen molar-refractivity contribution in [3.63, 3.8) is 0 Å². The molecule has 1 heterocycles. The lowest BCUT2D eigenvalue weighted by Crippen LogP contribution is -2.37. The standard InChI is InChI=1S/C15H19BrN4O.ClH/c1-10(17-3)8-18-15(21)14-9-19-20(11(14)2)13-6-4-12(16)5-7-13;/h4-7,9-10,17H,8H2,1-3H3,(H,18,21);1H. The summed E-state index contributed by atoms with van der Waals surface area (Å²) in [4.78, 5) is 12.2. The number of hydrogen-bond acceptors (Lipinski definition) is 3. The van der Waals surface area contributed by atoms with Crippen molar-refractivity contribution < 1.29 is 4.79 Å². The van der Waals surface area contributed by atoms with Crippen LogP contribution in [-0.4, -0.2) is 35.3 Å². The molecule has 22 heavy (non-hydrogen) atoms. The third kappa shape index (κ3) is 4.32. The van der Waals surface area contributed by atoms with E-state index in [0.29, 0.717) is 12.1 Å². The summed E-state index contributed by atoms with van der Waals surface area (Å²) < 4.78 is 2.78. The monoisotopic (exact) mass is 386 g/mol. The Labute approximate surface area is 145 Å². The highest BCUT2D eigenvalue weighted by Crippen LogP contribution is 2.17. The van der Waals surface area contributed by atoms with E-state index >= 15 is 0 Å². The normalized spacial score (nSPS) is 11.6. The van der Waals surface area contributed by atoms with Gasteiger partial charge >= 0.3 is 0 Å². The van der Waals surface area contributed by atoms with E-state index in [2.05, 4.69) is 31.7 Å². The largest absolute Gasteiger partial charge is 0.350 e. The number of nitrogens with one attached hydrogen (secondary N) is 2. The summed E-state index contributed by atoms with van der Waals surface area (Å²) in [7, 11) is 1.87. The summed E-state index contributed by atoms with van der Waals surface area (Å²) in [5.74, 6) is -0.0991. The highest BCUT2D eigenvalue weighted by atomic mass is 79.9. The van der Waals surface area contributed by atoms with Crippen LogP contribution in [0.15, 0.2) is 34.9 Å². The number of amides is 1. The zero-order valence-corrected chi connectivity index (χ0v) is 15.2. The van der Waals surface area contributed by atoms with Crippen LogP contribution in [0.1, 0.15) is 23.0 Å². The minimum Gasteiger partial charge on any atom is -0.350 e. The molecule has 120 valence electrons. The van der Waals surface area contributed by atoms with E-state index in [1.807, 2.05) is 45.2 Å². The molecule has 1 atom stereocenters. The molecular weight excluding hydrogens is 368 g/mol. The molecule has 5 nitrogen and oxygen atoms in total. The number of halogens is 2. The lowest BCUT2D eigenvalue weighted by molar-refractivity contribution is 0.0950. The van der Waals surface area contributed by atoms with Gasteiger partial charge in [-0.2, -0.15) is 5.10 Å². The van der Waals surface area contributed by atoms with E-state index < -0.39 is 0 Å². The first-order valence-electron chi connectivity index (χ1n) is 6.79. The van der Waals surface area contributed by atoms with Crippen molar-refractivity contribution in [2.24, 2.45) is 0 Å². The lowest BCUT2D eigenvalue weighted by Gasteiger charge is -2.11. The minimum atomic E-state index is -0.0991. The van der Waals surface area contributed by atoms with Gasteiger partial charge in [0.1, 0.15) is 0 Å². The Morgan fingerprint density at radius 3 is 2.59 bits per heavy atom. The quantitative estimate of drug-likeness (QED) is 0.829. The van der Waals surface area contributed by atoms with Crippen molar-refractivity contribution in [2.75, 3.05) is 13.6 Å². The molecule has 1 aromatic carbocycles. The molecule has 0 saturated carbocycles. The number of benzene rings is 1. The number of carbonyl (C=O) groups is 1. The fourth-order valence-corrected chi connectivity index (χ4v) is 2.18. The molecular formula is C15H20BrClN4O. The number of carbonyl (C=O) groups excluding carboxylic acids is 1. The maximum Gasteiger partial charge on any atom is 0.254 e. The second kappa shape index (κ2) is 8.31. The van der Waals surface area contributed by atoms with Crippen molar-refractivity contribution in [3.05, 3.63) is 46.2 Å². The molecule has 0 radical (unpaired) electrons. The molecule has 0 bridgehead atoms. The minimum absolute atomic E-state index is 0. The van der Waals surface area contributed by atoms with E-state index in [0.717, 1.165) is 15.9 Å². The van der Waals surface area contributed by atoms with Gasteiger partial charge in [0, 0.05) is 17.1 Å². The maximum absolute atomic E-state index is 12.2. The van der Waals surface area contributed by atoms with Crippen LogP contribution in [0.4, 0.5) is 0 Å². The van der Waals surface area contributed by atoms with Gasteiger partial charge in [0.25, 0.3) is 5.91 Å². The lowest BCUT2D eigenvalue weighted by atomic mass is 10.2. The number of rotatable bonds is 5. The van der Waals surface area contributed by atoms with Crippen molar-refractivity contribution in [1.29, 1.82) is 0 Å². The third-order valence-corrected chi connectivity index (χ3v) is 3.92. The van der Waals surface area contributed by atoms with Gasteiger partial charge in [0.05, 0.1) is 23.1 Å². The van der Waals surface area contributed by atoms with E-state index in [9.17, 15) is 4.79 Å². The second-order valence-corrected chi connectivity index (χ2v) is 5.85. The summed E-state index contributed by atoms with van der Waals surface area (Å²) in [6, 6.07) is 8.04. The smallest absolute Gasteiger partial charge is 0.254 e. The van der Waals surface area contributed by atoms with Crippen LogP contribution in [0.2, 0.25) is 0 Å². The first-order chi connectivity index (χ1) is 10.0. The van der Waals surface area contributed by atoms with Gasteiger partial charge in [-0.15, -0.1) is 12.4 Å². The highest BCUT2D eigenvalue weighted by molar-refractivity contribution is 9.10. The van der Waals surface area contributed by atoms with Gasteiger partial charge in [0.2, 0.25) is 0 Å². The predicted octanol–water partition coefficient (Wildman–Crippen LogP) is 2.70. The molecule has 2 N–H and O–H groups in total. The van der Waals surface area contributed by atoms with Crippen molar-refractivity contribution in [1.82, 2.24) is 20.4 Å². The molecule has 1 aromatic heterocycles. The zero-order chi connectivity index (χ0) is 15.4. The number of aromatic nitrogens is 2. The molecule has 7 heteroatoms. The Kier molecular flexibility index (Phi) is 7.06. The van der Waals surface area contributed by atoms with E-state index in [1.54, 1.807) is 10.9 Å². The first kappa shape index (κ1) is 18.7. The fraction of sp³-hybridized carbons (Fsp3) is 0.333. The Morgan fingerprint density at radius 1 is 1.36 bits per heavy atom. The van der Waals surface area contributed by atoms with Crippen LogP contribution >= 0.6 is 28.3 Å². The van der Waals surface area contributed by atoms with Crippen LogP contribution in [0.5, 0.6) is 0 Å². The summed E-state index contributed by atoms with van der Waals surface area (Å²) in [6.45, 7) is 4.49. The molecule has 0 fully saturated rings. The van der Waals surface area contributed by atoms with Crippen LogP contribution in [0, 0.1) is 6.92 Å². The van der Waals surface area contributed by atoms with Crippen molar-refractivity contribution in [2.45, 2.75) is 19.9 Å². The molecule has 2 aromatic rings. The van der Waals surface area contributed by atoms with Gasteiger partial charge in [-0.3, -0.25) is 4.79 Å². The number of hydrogen-bond donors (Lipinski definition) is 2. The third-order valence-electron chi connectivity index (χ3n) is 3.39. The Balaban J connectivity index is 0.00000242. The Hall–Kier alpha value is -1.37. The van der Waals surface area contributed by atoms with Crippen LogP contribution < -0.4 is 10.6 Å². The molecule has 0 saturated heterocycles. The van der Waals surface area contributed by atoms with Gasteiger partial charge in [0.15, 0.2) is 0 Å². The molecule has 0 aliphatic rings. The molecule has 1 unspecified atom stereocenters. The molecule has 2 rings (SSSR count). The fourth-order valence-electron chi connectivity index (χ4n) is 1.92. The second-order valence-electron chi connectivity index (χ2n) is 4.93. The Bertz CT molecular complexity index is 627. The van der Waals surface area contributed by atoms with Crippen LogP contribution in [0.25, 0.3) is 5.69 Å². The SMILES string of the molecule is CNC(C)CNC(=O)c1cnn(-c2ccc(Br)cc2)c1C.Cl. The van der Waals surface area contributed by atoms with Crippen LogP contribution in [-0.2, 0) is 0 Å². The molecule has 0 spiro atoms. The topological polar surface area (TPSA) is 58.9 Å². The van der Waals surface area contributed by atoms with Crippen molar-refractivity contribution >= 4 is 34.2 Å². The van der Waals surface area contributed by atoms with E-state index in [4.69, 9.17) is 0 Å². The van der Waals surface area contributed by atoms with Gasteiger partial charge < -0.3 is 10.6 Å². The number of nitrogens with zero attached hydrogens (tertiary/aromatic N) is 2. The summed E-state index contributed by atoms with van der Waals surface area (Å²) in [5, 5.41) is 10.3. The zero-order valence-electron chi connectivity index (χ0n) is 12.8. The summed E-state index contributed by atoms with van der Waals surface area (Å²) in [6.07, 6.45) is 1.61. The maximum atomic E-state index is 12.2. The first-order valence-corrected chi connectivity index (χ1v) is 7.58. The summed E-state index contributed by atoms with van der Waals surface area (Å²) in [5.41, 5.74) is 2.35. The average Bonchev–Trinajstić information content (AvgIpc) is 2.87. The highest BCUT2D eigenvalue weighted by Gasteiger charge is 2.15. The predicted molar refractivity (Wildman–Crippen MR) is 94.1 cm³/mol. The van der Waals surface area contributed by atoms with Gasteiger partial charge in [-0.25, -0.2) is 4.68 Å². The average molecular weight is 388 g/mol. The van der Waals surface area contributed by atoms with E-state index in [-0.39, 0.29) is 24.4 Å². The summed E-state index contributed by atoms with van der Waals surface area (Å²) >= 11 is 3.41. The Morgan fingerprint density at radius 2 is 2.00 bits per heavy atom. The van der Waals surface area contributed by atoms with Gasteiger partial charge in [-0.05, 0) is 45.2 Å². The van der Waals surface area contributed by atoms with Crippen LogP contribution in [0.3, 0.4) is 0 Å². The molecule has 1 amide bonds. The van der Waals surface area contributed by atoms with Gasteiger partial charge in [-0.1, -0.05) is 15.9 Å². The van der Waals surface area contributed by atoms with E-state index in [1.165, 1.54) is 0 Å². The molecule has 0 aliphatic carbocycles. The molecule has 0 aliphatic heterocycles. The van der Waals surface area contributed by atoms with Crippen molar-refractivity contribution in [3.8, 4) is 5.69 Å². The number of likely N-dealkylation sites (N-methyl/N-ethyl adjacent to an activating group) is 1.